The molecule has 0 saturated heterocycles. The zero-order chi connectivity index (χ0) is 17.8. The van der Waals surface area contributed by atoms with Gasteiger partial charge in [-0.25, -0.2) is 5.43 Å². The number of nitrogens with zero attached hydrogens (tertiary/aromatic N) is 1. The highest BCUT2D eigenvalue weighted by atomic mass is 16.5. The van der Waals surface area contributed by atoms with Crippen LogP contribution >= 0.6 is 0 Å². The molecule has 0 spiro atoms. The Morgan fingerprint density at radius 1 is 1.40 bits per heavy atom. The average Bonchev–Trinajstić information content (AvgIpc) is 2.94. The number of carbonyl (C=O) groups excluding carboxylic acids is 1. The van der Waals surface area contributed by atoms with Crippen LogP contribution in [0.5, 0.6) is 17.2 Å². The maximum atomic E-state index is 12.0. The molecular weight excluding hydrogens is 320 g/mol. The lowest BCUT2D eigenvalue weighted by atomic mass is 10.1. The van der Waals surface area contributed by atoms with Crippen LogP contribution < -0.4 is 14.9 Å². The number of hydrazone groups is 1. The van der Waals surface area contributed by atoms with E-state index in [9.17, 15) is 9.90 Å². The molecule has 1 aliphatic heterocycles. The summed E-state index contributed by atoms with van der Waals surface area (Å²) in [6.45, 7) is 4.47. The van der Waals surface area contributed by atoms with Crippen molar-refractivity contribution in [3.8, 4) is 17.2 Å². The van der Waals surface area contributed by atoms with E-state index in [1.165, 1.54) is 30.5 Å². The van der Waals surface area contributed by atoms with E-state index in [4.69, 9.17) is 9.47 Å². The summed E-state index contributed by atoms with van der Waals surface area (Å²) in [5.41, 5.74) is 4.72. The number of phenols is 1. The van der Waals surface area contributed by atoms with Gasteiger partial charge in [0.15, 0.2) is 0 Å². The first-order valence-electron chi connectivity index (χ1n) is 8.15. The van der Waals surface area contributed by atoms with Crippen molar-refractivity contribution in [2.24, 2.45) is 5.10 Å². The van der Waals surface area contributed by atoms with Crippen molar-refractivity contribution in [3.05, 3.63) is 53.1 Å². The fraction of sp³-hybridized carbons (Fsp3) is 0.263. The Hall–Kier alpha value is -3.02. The monoisotopic (exact) mass is 340 g/mol. The van der Waals surface area contributed by atoms with Crippen LogP contribution in [0, 0.1) is 0 Å². The van der Waals surface area contributed by atoms with Crippen LogP contribution in [0.25, 0.3) is 0 Å². The summed E-state index contributed by atoms with van der Waals surface area (Å²) < 4.78 is 11.4. The average molecular weight is 340 g/mol. The normalized spacial score (nSPS) is 15.7. The van der Waals surface area contributed by atoms with Gasteiger partial charge in [-0.05, 0) is 50.2 Å². The molecular formula is C19H20N2O4. The molecule has 0 aromatic heterocycles. The second-order valence-electron chi connectivity index (χ2n) is 5.81. The topological polar surface area (TPSA) is 80.2 Å². The lowest BCUT2D eigenvalue weighted by Crippen LogP contribution is -2.17. The molecule has 3 rings (SSSR count). The summed E-state index contributed by atoms with van der Waals surface area (Å²) in [5.74, 6) is 1.28. The standard InChI is InChI=1S/C19H20N2O4/c1-3-24-17-9-14-8-12(2)25-18(14)10-15(17)11-20-21-19(23)13-4-6-16(22)7-5-13/h4-7,9-12,22H,3,8H2,1-2H3,(H,21,23)/b20-11-/t12-/m0/s1. The predicted octanol–water partition coefficient (Wildman–Crippen LogP) is 2.88. The van der Waals surface area contributed by atoms with Gasteiger partial charge in [0.2, 0.25) is 0 Å². The highest BCUT2D eigenvalue weighted by molar-refractivity contribution is 5.95. The summed E-state index contributed by atoms with van der Waals surface area (Å²) >= 11 is 0. The van der Waals surface area contributed by atoms with E-state index in [0.717, 1.165) is 23.3 Å². The second kappa shape index (κ2) is 7.25. The van der Waals surface area contributed by atoms with Gasteiger partial charge in [0, 0.05) is 23.1 Å². The number of benzene rings is 2. The molecule has 0 saturated carbocycles. The van der Waals surface area contributed by atoms with E-state index in [1.807, 2.05) is 26.0 Å². The molecule has 2 aromatic carbocycles. The van der Waals surface area contributed by atoms with E-state index in [1.54, 1.807) is 0 Å². The van der Waals surface area contributed by atoms with Crippen molar-refractivity contribution < 1.29 is 19.4 Å². The van der Waals surface area contributed by atoms with Crippen molar-refractivity contribution >= 4 is 12.1 Å². The minimum absolute atomic E-state index is 0.105. The second-order valence-corrected chi connectivity index (χ2v) is 5.81. The molecule has 130 valence electrons. The molecule has 2 aromatic rings. The van der Waals surface area contributed by atoms with Gasteiger partial charge in [0.1, 0.15) is 23.4 Å². The minimum atomic E-state index is -0.361. The van der Waals surface area contributed by atoms with Crippen molar-refractivity contribution in [1.82, 2.24) is 5.43 Å². The summed E-state index contributed by atoms with van der Waals surface area (Å²) in [5, 5.41) is 13.3. The van der Waals surface area contributed by atoms with Crippen molar-refractivity contribution in [2.45, 2.75) is 26.4 Å². The van der Waals surface area contributed by atoms with Gasteiger partial charge in [-0.2, -0.15) is 5.10 Å². The van der Waals surface area contributed by atoms with Crippen LogP contribution in [0.15, 0.2) is 41.5 Å². The molecule has 6 heteroatoms. The van der Waals surface area contributed by atoms with E-state index in [2.05, 4.69) is 10.5 Å². The molecule has 2 N–H and O–H groups in total. The smallest absolute Gasteiger partial charge is 0.271 e. The maximum absolute atomic E-state index is 12.0. The molecule has 1 heterocycles. The highest BCUT2D eigenvalue weighted by Gasteiger charge is 2.21. The van der Waals surface area contributed by atoms with Crippen LogP contribution in [0.2, 0.25) is 0 Å². The predicted molar refractivity (Wildman–Crippen MR) is 94.6 cm³/mol. The Morgan fingerprint density at radius 3 is 2.88 bits per heavy atom. The molecule has 1 aliphatic rings. The van der Waals surface area contributed by atoms with Crippen LogP contribution in [0.3, 0.4) is 0 Å². The number of hydrogen-bond acceptors (Lipinski definition) is 5. The quantitative estimate of drug-likeness (QED) is 0.648. The molecule has 1 atom stereocenters. The third-order valence-corrected chi connectivity index (χ3v) is 3.83. The minimum Gasteiger partial charge on any atom is -0.508 e. The van der Waals surface area contributed by atoms with Crippen LogP contribution in [-0.2, 0) is 6.42 Å². The third-order valence-electron chi connectivity index (χ3n) is 3.83. The third kappa shape index (κ3) is 3.91. The lowest BCUT2D eigenvalue weighted by Gasteiger charge is -2.09. The zero-order valence-corrected chi connectivity index (χ0v) is 14.2. The van der Waals surface area contributed by atoms with E-state index in [-0.39, 0.29) is 17.8 Å². The van der Waals surface area contributed by atoms with Gasteiger partial charge in [0.25, 0.3) is 5.91 Å². The molecule has 25 heavy (non-hydrogen) atoms. The first kappa shape index (κ1) is 16.8. The van der Waals surface area contributed by atoms with Gasteiger partial charge >= 0.3 is 0 Å². The van der Waals surface area contributed by atoms with E-state index in [0.29, 0.717) is 17.9 Å². The lowest BCUT2D eigenvalue weighted by molar-refractivity contribution is 0.0955. The number of carbonyl (C=O) groups is 1. The van der Waals surface area contributed by atoms with Crippen molar-refractivity contribution in [1.29, 1.82) is 0 Å². The fourth-order valence-electron chi connectivity index (χ4n) is 2.67. The summed E-state index contributed by atoms with van der Waals surface area (Å²) in [7, 11) is 0. The first-order valence-corrected chi connectivity index (χ1v) is 8.15. The first-order chi connectivity index (χ1) is 12.1. The Labute approximate surface area is 146 Å². The number of rotatable bonds is 5. The van der Waals surface area contributed by atoms with Crippen LogP contribution in [-0.4, -0.2) is 29.9 Å². The Balaban J connectivity index is 1.75. The van der Waals surface area contributed by atoms with Gasteiger partial charge in [-0.3, -0.25) is 4.79 Å². The van der Waals surface area contributed by atoms with Gasteiger partial charge in [-0.1, -0.05) is 0 Å². The fourth-order valence-corrected chi connectivity index (χ4v) is 2.67. The summed E-state index contributed by atoms with van der Waals surface area (Å²) in [6.07, 6.45) is 2.53. The van der Waals surface area contributed by atoms with Gasteiger partial charge in [0.05, 0.1) is 12.8 Å². The van der Waals surface area contributed by atoms with Gasteiger partial charge < -0.3 is 14.6 Å². The molecule has 0 radical (unpaired) electrons. The number of amides is 1. The number of fused-ring (bicyclic) bond motifs is 1. The zero-order valence-electron chi connectivity index (χ0n) is 14.2. The molecule has 6 nitrogen and oxygen atoms in total. The van der Waals surface area contributed by atoms with Crippen LogP contribution in [0.1, 0.15) is 35.3 Å². The van der Waals surface area contributed by atoms with E-state index >= 15 is 0 Å². The Bertz CT molecular complexity index is 800. The molecule has 0 aliphatic carbocycles. The van der Waals surface area contributed by atoms with Crippen molar-refractivity contribution in [2.75, 3.05) is 6.61 Å². The number of nitrogens with one attached hydrogen (secondary N) is 1. The molecule has 0 fully saturated rings. The largest absolute Gasteiger partial charge is 0.508 e. The Kier molecular flexibility index (Phi) is 4.88. The van der Waals surface area contributed by atoms with Crippen LogP contribution in [0.4, 0.5) is 0 Å². The van der Waals surface area contributed by atoms with Crippen molar-refractivity contribution in [3.63, 3.8) is 0 Å². The maximum Gasteiger partial charge on any atom is 0.271 e. The summed E-state index contributed by atoms with van der Waals surface area (Å²) in [6, 6.07) is 9.79. The number of hydrogen-bond donors (Lipinski definition) is 2. The Morgan fingerprint density at radius 2 is 2.16 bits per heavy atom. The van der Waals surface area contributed by atoms with E-state index < -0.39 is 0 Å². The SMILES string of the molecule is CCOc1cc2c(cc1/C=N\NC(=O)c1ccc(O)cc1)O[C@@H](C)C2. The number of aromatic hydroxyl groups is 1. The number of ether oxygens (including phenoxy) is 2. The molecule has 1 amide bonds. The highest BCUT2D eigenvalue weighted by Crippen LogP contribution is 2.34. The molecule has 0 bridgehead atoms. The molecule has 0 unspecified atom stereocenters. The summed E-state index contributed by atoms with van der Waals surface area (Å²) in [4.78, 5) is 12.0. The number of phenolic OH excluding ortho intramolecular Hbond substituents is 1. The van der Waals surface area contributed by atoms with Gasteiger partial charge in [-0.15, -0.1) is 0 Å².